The number of rotatable bonds is 11. The summed E-state index contributed by atoms with van der Waals surface area (Å²) in [6, 6.07) is 11.7. The molecule has 0 radical (unpaired) electrons. The second kappa shape index (κ2) is 19.1. The van der Waals surface area contributed by atoms with Gasteiger partial charge in [-0.2, -0.15) is 0 Å². The minimum atomic E-state index is -1.02. The highest BCUT2D eigenvalue weighted by atomic mass is 16.3. The van der Waals surface area contributed by atoms with Crippen LogP contribution < -0.4 is 36.2 Å². The van der Waals surface area contributed by atoms with Crippen molar-refractivity contribution in [2.75, 3.05) is 64.6 Å². The number of aryl methyl sites for hydroxylation is 1. The maximum Gasteiger partial charge on any atom is 0.276 e. The Bertz CT molecular complexity index is 3320. The highest BCUT2D eigenvalue weighted by Crippen LogP contribution is 2.41. The largest absolute Gasteiger partial charge is 0.392 e. The van der Waals surface area contributed by atoms with Crippen LogP contribution in [-0.4, -0.2) is 127 Å². The SMILES string of the molecule is C=CC(=O)Nc1cc(Nc2cc(-c3ccnc(N4CCn5c(cc6c5CC(C)(C)C6)C4=O)c3CO)cn(C)c2=O)ncc1N1CCN(C2CCN(c3ccc4c(c3)C(=O)N(C3CCC(=O)NC3=O)C4=O)CC2)C[C@@H]1C. The predicted molar refractivity (Wildman–Crippen MR) is 281 cm³/mol. The molecule has 0 spiro atoms. The topological polar surface area (TPSA) is 228 Å². The van der Waals surface area contributed by atoms with Crippen molar-refractivity contribution in [1.29, 1.82) is 0 Å². The highest BCUT2D eigenvalue weighted by molar-refractivity contribution is 6.23. The van der Waals surface area contributed by atoms with Crippen molar-refractivity contribution in [1.82, 2.24) is 34.2 Å². The highest BCUT2D eigenvalue weighted by Gasteiger charge is 2.45. The molecular formula is C55H60N12O8. The van der Waals surface area contributed by atoms with Gasteiger partial charge in [-0.15, -0.1) is 0 Å². The van der Waals surface area contributed by atoms with E-state index >= 15 is 0 Å². The van der Waals surface area contributed by atoms with Crippen molar-refractivity contribution >= 4 is 69.8 Å². The smallest absolute Gasteiger partial charge is 0.276 e. The maximum absolute atomic E-state index is 14.1. The molecular weight excluding hydrogens is 957 g/mol. The van der Waals surface area contributed by atoms with E-state index in [9.17, 15) is 38.7 Å². The first-order valence-electron chi connectivity index (χ1n) is 25.7. The number of carbonyl (C=O) groups is 6. The van der Waals surface area contributed by atoms with Gasteiger partial charge in [0.15, 0.2) is 0 Å². The van der Waals surface area contributed by atoms with Crippen molar-refractivity contribution in [3.63, 3.8) is 0 Å². The van der Waals surface area contributed by atoms with Gasteiger partial charge in [-0.1, -0.05) is 20.4 Å². The average molecular weight is 1020 g/mol. The number of aromatic nitrogens is 4. The molecule has 4 N–H and O–H groups in total. The molecule has 1 unspecified atom stereocenters. The van der Waals surface area contributed by atoms with E-state index in [0.29, 0.717) is 71.1 Å². The fourth-order valence-electron chi connectivity index (χ4n) is 12.2. The van der Waals surface area contributed by atoms with Crippen LogP contribution in [0.2, 0.25) is 0 Å². The summed E-state index contributed by atoms with van der Waals surface area (Å²) in [6.45, 7) is 14.5. The third-order valence-electron chi connectivity index (χ3n) is 15.9. The van der Waals surface area contributed by atoms with Gasteiger partial charge in [-0.25, -0.2) is 9.97 Å². The van der Waals surface area contributed by atoms with Crippen LogP contribution in [0.5, 0.6) is 0 Å². The standard InChI is InChI=1S/C55H60N12O8/c1-6-47(69)59-40-24-46(58-41-21-33(29-61(5)53(41)74)36-11-14-56-49(39(36)30-68)66-20-19-65-43(54(66)75)22-32-25-55(3,4)26-44(32)65)57-27-45(40)64-18-17-63(28-31(64)2)34-12-15-62(16-13-34)35-7-8-37-38(23-35)52(73)67(51(37)72)42-9-10-48(70)60-50(42)71/h6-8,11,14,21-24,27,29,31,34,42,68H,1,9-10,12-13,15-20,25-26,28,30H2,2-5H3,(H,60,70,71)(H2,57,58,59,69)/t31-,42?/m0/s1. The lowest BCUT2D eigenvalue weighted by Gasteiger charge is -2.47. The molecule has 3 fully saturated rings. The number of aliphatic hydroxyl groups excluding tert-OH is 1. The number of hydrogen-bond acceptors (Lipinski definition) is 14. The van der Waals surface area contributed by atoms with Crippen molar-refractivity contribution in [2.24, 2.45) is 12.5 Å². The van der Waals surface area contributed by atoms with Gasteiger partial charge < -0.3 is 34.7 Å². The summed E-state index contributed by atoms with van der Waals surface area (Å²) >= 11 is 0. The van der Waals surface area contributed by atoms with Crippen LogP contribution in [0.3, 0.4) is 0 Å². The van der Waals surface area contributed by atoms with E-state index in [1.165, 1.54) is 21.9 Å². The maximum atomic E-state index is 14.1. The molecule has 0 saturated carbocycles. The van der Waals surface area contributed by atoms with Crippen LogP contribution in [0.25, 0.3) is 11.1 Å². The number of hydrogen-bond donors (Lipinski definition) is 4. The van der Waals surface area contributed by atoms with E-state index in [1.807, 2.05) is 12.1 Å². The average Bonchev–Trinajstić information content (AvgIpc) is 3.99. The molecule has 5 aromatic rings. The number of anilines is 6. The zero-order valence-electron chi connectivity index (χ0n) is 42.5. The molecule has 11 rings (SSSR count). The van der Waals surface area contributed by atoms with Gasteiger partial charge in [0, 0.05) is 112 Å². The molecule has 2 atom stereocenters. The molecule has 20 nitrogen and oxygen atoms in total. The lowest BCUT2D eigenvalue weighted by atomic mass is 9.90. The molecule has 9 heterocycles. The van der Waals surface area contributed by atoms with E-state index in [-0.39, 0.29) is 52.6 Å². The van der Waals surface area contributed by atoms with Crippen LogP contribution in [0.15, 0.2) is 78.5 Å². The quantitative estimate of drug-likeness (QED) is 0.107. The summed E-state index contributed by atoms with van der Waals surface area (Å²) in [5, 5.41) is 19.3. The van der Waals surface area contributed by atoms with Gasteiger partial charge in [0.1, 0.15) is 29.1 Å². The van der Waals surface area contributed by atoms with Gasteiger partial charge in [-0.05, 0) is 98.0 Å². The Morgan fingerprint density at radius 3 is 2.41 bits per heavy atom. The number of imide groups is 2. The molecule has 1 aliphatic carbocycles. The van der Waals surface area contributed by atoms with E-state index in [2.05, 4.69) is 67.6 Å². The Hall–Kier alpha value is -7.97. The molecule has 4 aromatic heterocycles. The van der Waals surface area contributed by atoms with Crippen molar-refractivity contribution < 1.29 is 33.9 Å². The Balaban J connectivity index is 0.767. The number of aliphatic hydroxyl groups is 1. The zero-order chi connectivity index (χ0) is 52.6. The van der Waals surface area contributed by atoms with E-state index < -0.39 is 42.2 Å². The van der Waals surface area contributed by atoms with E-state index in [1.54, 1.807) is 60.9 Å². The zero-order valence-corrected chi connectivity index (χ0v) is 42.5. The number of piperazine rings is 1. The fraction of sp³-hybridized carbons (Fsp3) is 0.400. The first kappa shape index (κ1) is 49.3. The molecule has 6 aliphatic rings. The summed E-state index contributed by atoms with van der Waals surface area (Å²) in [5.41, 5.74) is 7.29. The summed E-state index contributed by atoms with van der Waals surface area (Å²) in [6.07, 6.45) is 9.92. The van der Waals surface area contributed by atoms with Gasteiger partial charge in [-0.3, -0.25) is 53.6 Å². The van der Waals surface area contributed by atoms with Crippen LogP contribution in [0.4, 0.5) is 34.4 Å². The number of carbonyl (C=O) groups excluding carboxylic acids is 6. The number of nitrogens with one attached hydrogen (secondary N) is 3. The Morgan fingerprint density at radius 1 is 0.880 bits per heavy atom. The summed E-state index contributed by atoms with van der Waals surface area (Å²) in [5.74, 6) is -2.00. The fourth-order valence-corrected chi connectivity index (χ4v) is 12.2. The van der Waals surface area contributed by atoms with Gasteiger partial charge in [0.05, 0.1) is 35.3 Å². The number of fused-ring (bicyclic) bond motifs is 4. The number of nitrogens with zero attached hydrogens (tertiary/aromatic N) is 9. The Morgan fingerprint density at radius 2 is 1.67 bits per heavy atom. The predicted octanol–water partition coefficient (Wildman–Crippen LogP) is 4.37. The lowest BCUT2D eigenvalue weighted by molar-refractivity contribution is -0.136. The second-order valence-electron chi connectivity index (χ2n) is 21.3. The molecule has 5 aliphatic heterocycles. The number of pyridine rings is 3. The number of piperidine rings is 2. The van der Waals surface area contributed by atoms with Gasteiger partial charge >= 0.3 is 0 Å². The van der Waals surface area contributed by atoms with E-state index in [0.717, 1.165) is 62.4 Å². The monoisotopic (exact) mass is 1020 g/mol. The van der Waals surface area contributed by atoms with Gasteiger partial charge in [0.25, 0.3) is 23.3 Å². The van der Waals surface area contributed by atoms with Gasteiger partial charge in [0.2, 0.25) is 17.7 Å². The molecule has 0 bridgehead atoms. The molecule has 6 amide bonds. The lowest BCUT2D eigenvalue weighted by Crippen LogP contribution is -2.57. The van der Waals surface area contributed by atoms with Crippen molar-refractivity contribution in [2.45, 2.75) is 90.6 Å². The number of benzene rings is 1. The molecule has 75 heavy (non-hydrogen) atoms. The molecule has 20 heteroatoms. The van der Waals surface area contributed by atoms with Crippen LogP contribution in [0, 0.1) is 5.41 Å². The van der Waals surface area contributed by atoms with E-state index in [4.69, 9.17) is 4.98 Å². The third kappa shape index (κ3) is 8.84. The van der Waals surface area contributed by atoms with Crippen molar-refractivity contribution in [3.8, 4) is 11.1 Å². The van der Waals surface area contributed by atoms with Crippen LogP contribution in [0.1, 0.15) is 94.5 Å². The number of amides is 6. The van der Waals surface area contributed by atoms with Crippen molar-refractivity contribution in [3.05, 3.63) is 118 Å². The first-order chi connectivity index (χ1) is 36.0. The second-order valence-corrected chi connectivity index (χ2v) is 21.3. The van der Waals surface area contributed by atoms with Crippen LogP contribution >= 0.6 is 0 Å². The molecule has 1 aromatic carbocycles. The third-order valence-corrected chi connectivity index (χ3v) is 15.9. The first-order valence-corrected chi connectivity index (χ1v) is 25.7. The summed E-state index contributed by atoms with van der Waals surface area (Å²) < 4.78 is 3.58. The summed E-state index contributed by atoms with van der Waals surface area (Å²) in [7, 11) is 1.64. The Kier molecular flexibility index (Phi) is 12.5. The minimum Gasteiger partial charge on any atom is -0.392 e. The normalized spacial score (nSPS) is 20.8. The summed E-state index contributed by atoms with van der Waals surface area (Å²) in [4.78, 5) is 111. The minimum absolute atomic E-state index is 0.0261. The molecule has 3 saturated heterocycles. The van der Waals surface area contributed by atoms with Crippen LogP contribution in [-0.2, 0) is 47.4 Å². The molecule has 388 valence electrons. The Labute approximate surface area is 433 Å².